The molecule has 0 spiro atoms. The van der Waals surface area contributed by atoms with E-state index in [2.05, 4.69) is 18.9 Å². The van der Waals surface area contributed by atoms with Crippen LogP contribution in [-0.2, 0) is 6.54 Å². The van der Waals surface area contributed by atoms with Crippen LogP contribution >= 0.6 is 0 Å². The van der Waals surface area contributed by atoms with Crippen molar-refractivity contribution in [3.05, 3.63) is 35.6 Å². The molecule has 0 bridgehead atoms. The van der Waals surface area contributed by atoms with Crippen LogP contribution in [0.1, 0.15) is 42.3 Å². The zero-order valence-electron chi connectivity index (χ0n) is 12.1. The molecule has 1 aromatic carbocycles. The molecule has 0 fully saturated rings. The molecule has 0 saturated heterocycles. The van der Waals surface area contributed by atoms with E-state index in [0.29, 0.717) is 5.58 Å². The van der Waals surface area contributed by atoms with E-state index in [1.165, 1.54) is 24.8 Å². The Morgan fingerprint density at radius 3 is 2.80 bits per heavy atom. The Balaban J connectivity index is 2.05. The molecule has 0 saturated carbocycles. The standard InChI is InChI=1S/C16H21NO3/c1-3-4-5-8-17(2)11-12-6-7-14-13(9-12)10-15(20-14)16(18)19/h6-7,9-10H,3-5,8,11H2,1-2H3,(H,18,19). The first-order valence-electron chi connectivity index (χ1n) is 7.04. The first-order valence-corrected chi connectivity index (χ1v) is 7.04. The molecule has 1 aromatic heterocycles. The minimum Gasteiger partial charge on any atom is -0.475 e. The molecule has 4 nitrogen and oxygen atoms in total. The maximum atomic E-state index is 10.9. The number of carboxylic acids is 1. The van der Waals surface area contributed by atoms with Crippen LogP contribution in [0.15, 0.2) is 28.7 Å². The highest BCUT2D eigenvalue weighted by Gasteiger charge is 2.11. The molecule has 1 N–H and O–H groups in total. The number of carbonyl (C=O) groups is 1. The summed E-state index contributed by atoms with van der Waals surface area (Å²) in [4.78, 5) is 13.2. The Bertz CT molecular complexity index is 588. The van der Waals surface area contributed by atoms with Crippen molar-refractivity contribution in [1.29, 1.82) is 0 Å². The van der Waals surface area contributed by atoms with Crippen LogP contribution in [0.2, 0.25) is 0 Å². The largest absolute Gasteiger partial charge is 0.475 e. The Hall–Kier alpha value is -1.81. The number of rotatable bonds is 7. The average molecular weight is 275 g/mol. The predicted molar refractivity (Wildman–Crippen MR) is 79.0 cm³/mol. The average Bonchev–Trinajstić information content (AvgIpc) is 2.82. The fourth-order valence-electron chi connectivity index (χ4n) is 2.32. The summed E-state index contributed by atoms with van der Waals surface area (Å²) in [5, 5.41) is 9.77. The van der Waals surface area contributed by atoms with Crippen molar-refractivity contribution in [3.8, 4) is 0 Å². The van der Waals surface area contributed by atoms with Crippen LogP contribution in [0.5, 0.6) is 0 Å². The summed E-state index contributed by atoms with van der Waals surface area (Å²) in [6, 6.07) is 7.42. The lowest BCUT2D eigenvalue weighted by Gasteiger charge is -2.16. The maximum absolute atomic E-state index is 10.9. The number of hydrogen-bond acceptors (Lipinski definition) is 3. The molecule has 2 rings (SSSR count). The van der Waals surface area contributed by atoms with Crippen LogP contribution in [-0.4, -0.2) is 29.6 Å². The van der Waals surface area contributed by atoms with E-state index in [0.717, 1.165) is 18.5 Å². The van der Waals surface area contributed by atoms with Crippen molar-refractivity contribution < 1.29 is 14.3 Å². The molecule has 2 aromatic rings. The van der Waals surface area contributed by atoms with Crippen molar-refractivity contribution in [2.45, 2.75) is 32.7 Å². The lowest BCUT2D eigenvalue weighted by molar-refractivity contribution is 0.0665. The van der Waals surface area contributed by atoms with Crippen LogP contribution in [0, 0.1) is 0 Å². The van der Waals surface area contributed by atoms with Gasteiger partial charge in [0.15, 0.2) is 0 Å². The van der Waals surface area contributed by atoms with Gasteiger partial charge in [0.1, 0.15) is 5.58 Å². The van der Waals surface area contributed by atoms with Crippen molar-refractivity contribution in [3.63, 3.8) is 0 Å². The number of hydrogen-bond donors (Lipinski definition) is 1. The van der Waals surface area contributed by atoms with E-state index in [9.17, 15) is 4.79 Å². The molecule has 108 valence electrons. The fraction of sp³-hybridized carbons (Fsp3) is 0.438. The van der Waals surface area contributed by atoms with Crippen LogP contribution in [0.4, 0.5) is 0 Å². The van der Waals surface area contributed by atoms with Crippen LogP contribution in [0.3, 0.4) is 0 Å². The lowest BCUT2D eigenvalue weighted by atomic mass is 10.1. The van der Waals surface area contributed by atoms with Crippen molar-refractivity contribution >= 4 is 16.9 Å². The highest BCUT2D eigenvalue weighted by molar-refractivity contribution is 5.91. The molecule has 0 radical (unpaired) electrons. The van der Waals surface area contributed by atoms with Gasteiger partial charge in [-0.25, -0.2) is 4.79 Å². The van der Waals surface area contributed by atoms with Crippen molar-refractivity contribution in [2.24, 2.45) is 0 Å². The number of nitrogens with zero attached hydrogens (tertiary/aromatic N) is 1. The molecule has 1 heterocycles. The molecule has 0 aliphatic heterocycles. The summed E-state index contributed by atoms with van der Waals surface area (Å²) in [6.45, 7) is 4.15. The van der Waals surface area contributed by atoms with Crippen molar-refractivity contribution in [2.75, 3.05) is 13.6 Å². The van der Waals surface area contributed by atoms with Crippen LogP contribution < -0.4 is 0 Å². The van der Waals surface area contributed by atoms with Gasteiger partial charge in [0.05, 0.1) is 0 Å². The van der Waals surface area contributed by atoms with Crippen LogP contribution in [0.25, 0.3) is 11.0 Å². The number of unbranched alkanes of at least 4 members (excludes halogenated alkanes) is 2. The first kappa shape index (κ1) is 14.6. The number of benzene rings is 1. The van der Waals surface area contributed by atoms with Gasteiger partial charge in [-0.15, -0.1) is 0 Å². The minimum atomic E-state index is -1.03. The van der Waals surface area contributed by atoms with E-state index >= 15 is 0 Å². The molecule has 20 heavy (non-hydrogen) atoms. The molecular weight excluding hydrogens is 254 g/mol. The normalized spacial score (nSPS) is 11.3. The quantitative estimate of drug-likeness (QED) is 0.782. The van der Waals surface area contributed by atoms with Gasteiger partial charge in [-0.05, 0) is 43.8 Å². The number of aromatic carboxylic acids is 1. The van der Waals surface area contributed by atoms with Gasteiger partial charge in [0.25, 0.3) is 0 Å². The van der Waals surface area contributed by atoms with E-state index in [1.54, 1.807) is 6.07 Å². The van der Waals surface area contributed by atoms with Gasteiger partial charge in [-0.2, -0.15) is 0 Å². The summed E-state index contributed by atoms with van der Waals surface area (Å²) in [5.74, 6) is -1.03. The summed E-state index contributed by atoms with van der Waals surface area (Å²) >= 11 is 0. The third-order valence-corrected chi connectivity index (χ3v) is 3.39. The summed E-state index contributed by atoms with van der Waals surface area (Å²) in [7, 11) is 2.11. The lowest BCUT2D eigenvalue weighted by Crippen LogP contribution is -2.18. The topological polar surface area (TPSA) is 53.7 Å². The Morgan fingerprint density at radius 1 is 1.30 bits per heavy atom. The predicted octanol–water partition coefficient (Wildman–Crippen LogP) is 3.75. The Kier molecular flexibility index (Phi) is 4.79. The summed E-state index contributed by atoms with van der Waals surface area (Å²) < 4.78 is 5.26. The van der Waals surface area contributed by atoms with Gasteiger partial charge in [0, 0.05) is 11.9 Å². The SMILES string of the molecule is CCCCCN(C)Cc1ccc2oc(C(=O)O)cc2c1. The molecule has 4 heteroatoms. The highest BCUT2D eigenvalue weighted by Crippen LogP contribution is 2.21. The molecular formula is C16H21NO3. The van der Waals surface area contributed by atoms with Gasteiger partial charge >= 0.3 is 5.97 Å². The third-order valence-electron chi connectivity index (χ3n) is 3.39. The van der Waals surface area contributed by atoms with Gasteiger partial charge < -0.3 is 14.4 Å². The monoisotopic (exact) mass is 275 g/mol. The highest BCUT2D eigenvalue weighted by atomic mass is 16.4. The minimum absolute atomic E-state index is 0.00606. The first-order chi connectivity index (χ1) is 9.60. The smallest absolute Gasteiger partial charge is 0.371 e. The molecule has 0 aliphatic carbocycles. The maximum Gasteiger partial charge on any atom is 0.371 e. The van der Waals surface area contributed by atoms with Crippen molar-refractivity contribution in [1.82, 2.24) is 4.90 Å². The second-order valence-electron chi connectivity index (χ2n) is 5.23. The fourth-order valence-corrected chi connectivity index (χ4v) is 2.32. The van der Waals surface area contributed by atoms with E-state index in [1.807, 2.05) is 18.2 Å². The van der Waals surface area contributed by atoms with Gasteiger partial charge in [-0.1, -0.05) is 25.8 Å². The molecule has 0 unspecified atom stereocenters. The Morgan fingerprint density at radius 2 is 2.10 bits per heavy atom. The van der Waals surface area contributed by atoms with E-state index in [-0.39, 0.29) is 5.76 Å². The number of furan rings is 1. The number of fused-ring (bicyclic) bond motifs is 1. The molecule has 0 amide bonds. The van der Waals surface area contributed by atoms with Gasteiger partial charge in [0.2, 0.25) is 5.76 Å². The Labute approximate surface area is 119 Å². The van der Waals surface area contributed by atoms with E-state index < -0.39 is 5.97 Å². The summed E-state index contributed by atoms with van der Waals surface area (Å²) in [5.41, 5.74) is 1.80. The zero-order valence-corrected chi connectivity index (χ0v) is 12.1. The molecule has 0 aliphatic rings. The number of carboxylic acid groups (broad SMARTS) is 1. The second kappa shape index (κ2) is 6.57. The van der Waals surface area contributed by atoms with Gasteiger partial charge in [-0.3, -0.25) is 0 Å². The summed E-state index contributed by atoms with van der Waals surface area (Å²) in [6.07, 6.45) is 3.70. The zero-order chi connectivity index (χ0) is 14.5. The molecule has 0 atom stereocenters. The third kappa shape index (κ3) is 3.61. The second-order valence-corrected chi connectivity index (χ2v) is 5.23. The van der Waals surface area contributed by atoms with E-state index in [4.69, 9.17) is 9.52 Å².